The number of aliphatic carboxylic acids is 1. The molecule has 0 aromatic heterocycles. The third kappa shape index (κ3) is 8.77. The van der Waals surface area contributed by atoms with Gasteiger partial charge in [-0.2, -0.15) is 0 Å². The number of amides is 2. The lowest BCUT2D eigenvalue weighted by atomic mass is 9.87. The number of carboxylic acid groups (broad SMARTS) is 1. The molecule has 0 fully saturated rings. The van der Waals surface area contributed by atoms with Gasteiger partial charge in [0.2, 0.25) is 0 Å². The lowest BCUT2D eigenvalue weighted by Gasteiger charge is -2.25. The van der Waals surface area contributed by atoms with Gasteiger partial charge in [-0.05, 0) is 18.3 Å². The molecule has 0 aromatic rings. The molecular formula is C15H30N2O3. The van der Waals surface area contributed by atoms with Crippen molar-refractivity contribution in [3.8, 4) is 0 Å². The van der Waals surface area contributed by atoms with Crippen molar-refractivity contribution in [3.05, 3.63) is 0 Å². The molecule has 0 radical (unpaired) electrons. The van der Waals surface area contributed by atoms with Crippen LogP contribution in [0.15, 0.2) is 0 Å². The van der Waals surface area contributed by atoms with E-state index in [9.17, 15) is 9.59 Å². The quantitative estimate of drug-likeness (QED) is 0.540. The Hall–Kier alpha value is -1.26. The molecule has 0 aliphatic rings. The van der Waals surface area contributed by atoms with Crippen LogP contribution in [0.1, 0.15) is 66.2 Å². The van der Waals surface area contributed by atoms with Crippen molar-refractivity contribution >= 4 is 12.0 Å². The van der Waals surface area contributed by atoms with Gasteiger partial charge < -0.3 is 15.7 Å². The maximum absolute atomic E-state index is 11.7. The maximum atomic E-state index is 11.7. The van der Waals surface area contributed by atoms with Gasteiger partial charge in [0.05, 0.1) is 0 Å². The van der Waals surface area contributed by atoms with Crippen molar-refractivity contribution in [2.75, 3.05) is 6.54 Å². The summed E-state index contributed by atoms with van der Waals surface area (Å²) < 4.78 is 0. The number of carbonyl (C=O) groups excluding carboxylic acids is 1. The molecule has 0 saturated carbocycles. The Morgan fingerprint density at radius 1 is 1.15 bits per heavy atom. The molecule has 0 heterocycles. The highest BCUT2D eigenvalue weighted by molar-refractivity contribution is 5.82. The van der Waals surface area contributed by atoms with Crippen LogP contribution in [-0.4, -0.2) is 29.7 Å². The topological polar surface area (TPSA) is 78.4 Å². The second-order valence-corrected chi connectivity index (χ2v) is 6.13. The average Bonchev–Trinajstić information content (AvgIpc) is 2.36. The smallest absolute Gasteiger partial charge is 0.326 e. The van der Waals surface area contributed by atoms with Crippen molar-refractivity contribution < 1.29 is 14.7 Å². The Kier molecular flexibility index (Phi) is 9.01. The highest BCUT2D eigenvalue weighted by Gasteiger charge is 2.21. The van der Waals surface area contributed by atoms with E-state index in [0.29, 0.717) is 13.0 Å². The number of hydrogen-bond acceptors (Lipinski definition) is 2. The number of carboxylic acids is 1. The molecule has 0 aromatic carbocycles. The molecule has 5 heteroatoms. The first-order valence-electron chi connectivity index (χ1n) is 7.59. The predicted octanol–water partition coefficient (Wildman–Crippen LogP) is 3.15. The first kappa shape index (κ1) is 18.7. The minimum atomic E-state index is -0.982. The maximum Gasteiger partial charge on any atom is 0.326 e. The van der Waals surface area contributed by atoms with Crippen LogP contribution in [0, 0.1) is 5.41 Å². The van der Waals surface area contributed by atoms with E-state index in [-0.39, 0.29) is 5.41 Å². The minimum absolute atomic E-state index is 0.0377. The van der Waals surface area contributed by atoms with Crippen LogP contribution in [0.5, 0.6) is 0 Å². The number of nitrogens with one attached hydrogen (secondary N) is 2. The van der Waals surface area contributed by atoms with Crippen LogP contribution >= 0.6 is 0 Å². The SMILES string of the molecule is CCCCCC(C)(C)CNC(=O)N[C@@H](CCC)C(=O)O. The van der Waals surface area contributed by atoms with Crippen LogP contribution in [-0.2, 0) is 4.79 Å². The number of urea groups is 1. The first-order valence-corrected chi connectivity index (χ1v) is 7.59. The lowest BCUT2D eigenvalue weighted by molar-refractivity contribution is -0.139. The summed E-state index contributed by atoms with van der Waals surface area (Å²) in [6.45, 7) is 8.85. The van der Waals surface area contributed by atoms with Crippen LogP contribution in [0.2, 0.25) is 0 Å². The minimum Gasteiger partial charge on any atom is -0.480 e. The second-order valence-electron chi connectivity index (χ2n) is 6.13. The van der Waals surface area contributed by atoms with Crippen molar-refractivity contribution in [2.24, 2.45) is 5.41 Å². The summed E-state index contributed by atoms with van der Waals surface area (Å²) in [6.07, 6.45) is 5.76. The summed E-state index contributed by atoms with van der Waals surface area (Å²) in [5, 5.41) is 14.3. The van der Waals surface area contributed by atoms with Gasteiger partial charge in [-0.15, -0.1) is 0 Å². The van der Waals surface area contributed by atoms with Gasteiger partial charge in [0.1, 0.15) is 6.04 Å². The van der Waals surface area contributed by atoms with E-state index in [1.54, 1.807) is 0 Å². The monoisotopic (exact) mass is 286 g/mol. The fourth-order valence-corrected chi connectivity index (χ4v) is 2.02. The van der Waals surface area contributed by atoms with Crippen LogP contribution in [0.3, 0.4) is 0 Å². The van der Waals surface area contributed by atoms with E-state index in [0.717, 1.165) is 19.3 Å². The van der Waals surface area contributed by atoms with Crippen LogP contribution in [0.25, 0.3) is 0 Å². The Morgan fingerprint density at radius 2 is 1.80 bits per heavy atom. The molecule has 20 heavy (non-hydrogen) atoms. The first-order chi connectivity index (χ1) is 9.32. The van der Waals surface area contributed by atoms with Crippen LogP contribution < -0.4 is 10.6 Å². The average molecular weight is 286 g/mol. The fourth-order valence-electron chi connectivity index (χ4n) is 2.02. The molecule has 0 rings (SSSR count). The highest BCUT2D eigenvalue weighted by Crippen LogP contribution is 2.22. The van der Waals surface area contributed by atoms with Gasteiger partial charge in [0, 0.05) is 6.54 Å². The molecular weight excluding hydrogens is 256 g/mol. The van der Waals surface area contributed by atoms with Crippen molar-refractivity contribution in [1.82, 2.24) is 10.6 Å². The van der Waals surface area contributed by atoms with Gasteiger partial charge in [-0.25, -0.2) is 9.59 Å². The molecule has 118 valence electrons. The van der Waals surface area contributed by atoms with E-state index in [1.807, 2.05) is 6.92 Å². The van der Waals surface area contributed by atoms with Gasteiger partial charge in [-0.3, -0.25) is 0 Å². The summed E-state index contributed by atoms with van der Waals surface area (Å²) in [7, 11) is 0. The van der Waals surface area contributed by atoms with Crippen LogP contribution in [0.4, 0.5) is 4.79 Å². The van der Waals surface area contributed by atoms with E-state index >= 15 is 0 Å². The summed E-state index contributed by atoms with van der Waals surface area (Å²) in [5.74, 6) is -0.982. The van der Waals surface area contributed by atoms with Crippen molar-refractivity contribution in [1.29, 1.82) is 0 Å². The highest BCUT2D eigenvalue weighted by atomic mass is 16.4. The van der Waals surface area contributed by atoms with Gasteiger partial charge in [0.25, 0.3) is 0 Å². The molecule has 0 bridgehead atoms. The molecule has 0 aliphatic heterocycles. The largest absolute Gasteiger partial charge is 0.480 e. The number of carbonyl (C=O) groups is 2. The zero-order valence-electron chi connectivity index (χ0n) is 13.3. The van der Waals surface area contributed by atoms with Gasteiger partial charge >= 0.3 is 12.0 Å². The second kappa shape index (κ2) is 9.61. The zero-order valence-corrected chi connectivity index (χ0v) is 13.3. The Morgan fingerprint density at radius 3 is 2.30 bits per heavy atom. The third-order valence-corrected chi connectivity index (χ3v) is 3.37. The Balaban J connectivity index is 4.10. The normalized spacial score (nSPS) is 12.8. The third-order valence-electron chi connectivity index (χ3n) is 3.37. The molecule has 2 amide bonds. The van der Waals surface area contributed by atoms with E-state index in [4.69, 9.17) is 5.11 Å². The van der Waals surface area contributed by atoms with E-state index in [1.165, 1.54) is 12.8 Å². The molecule has 5 nitrogen and oxygen atoms in total. The van der Waals surface area contributed by atoms with Crippen molar-refractivity contribution in [3.63, 3.8) is 0 Å². The summed E-state index contributed by atoms with van der Waals surface area (Å²) >= 11 is 0. The number of hydrogen-bond donors (Lipinski definition) is 3. The van der Waals surface area contributed by atoms with Crippen molar-refractivity contribution in [2.45, 2.75) is 72.3 Å². The fraction of sp³-hybridized carbons (Fsp3) is 0.867. The molecule has 1 atom stereocenters. The zero-order chi connectivity index (χ0) is 15.6. The summed E-state index contributed by atoms with van der Waals surface area (Å²) in [6, 6.07) is -1.20. The van der Waals surface area contributed by atoms with Gasteiger partial charge in [-0.1, -0.05) is 53.4 Å². The molecule has 0 aliphatic carbocycles. The summed E-state index contributed by atoms with van der Waals surface area (Å²) in [5.41, 5.74) is 0.0377. The van der Waals surface area contributed by atoms with E-state index < -0.39 is 18.0 Å². The predicted molar refractivity (Wildman–Crippen MR) is 80.8 cm³/mol. The standard InChI is InChI=1S/C15H30N2O3/c1-5-7-8-10-15(3,4)11-16-14(20)17-12(9-6-2)13(18)19/h12H,5-11H2,1-4H3,(H,18,19)(H2,16,17,20)/t12-/m0/s1. The number of unbranched alkanes of at least 4 members (excludes halogenated alkanes) is 2. The lowest BCUT2D eigenvalue weighted by Crippen LogP contribution is -2.48. The molecule has 3 N–H and O–H groups in total. The summed E-state index contributed by atoms with van der Waals surface area (Å²) in [4.78, 5) is 22.7. The number of rotatable bonds is 10. The Labute approximate surface area is 122 Å². The Bertz CT molecular complexity index is 303. The molecule has 0 spiro atoms. The van der Waals surface area contributed by atoms with Gasteiger partial charge in [0.15, 0.2) is 0 Å². The van der Waals surface area contributed by atoms with E-state index in [2.05, 4.69) is 31.4 Å². The molecule has 0 saturated heterocycles. The molecule has 0 unspecified atom stereocenters.